The molecule has 7 rings (SSSR count). The summed E-state index contributed by atoms with van der Waals surface area (Å²) in [6.07, 6.45) is 0. The minimum atomic E-state index is -5.57. The molecule has 450 valence electrons. The van der Waals surface area contributed by atoms with Gasteiger partial charge in [0.2, 0.25) is 0 Å². The van der Waals surface area contributed by atoms with Crippen molar-refractivity contribution in [2.45, 2.75) is 24.5 Å². The van der Waals surface area contributed by atoms with Gasteiger partial charge in [-0.15, -0.1) is 50.8 Å². The van der Waals surface area contributed by atoms with Crippen LogP contribution in [-0.2, 0) is 81.6 Å². The number of benzene rings is 7. The van der Waals surface area contributed by atoms with Crippen molar-refractivity contribution in [3.8, 4) is 11.5 Å². The predicted molar refractivity (Wildman–Crippen MR) is 285 cm³/mol. The van der Waals surface area contributed by atoms with Crippen molar-refractivity contribution in [3.63, 3.8) is 0 Å². The molecule has 7 aromatic rings. The van der Waals surface area contributed by atoms with E-state index in [0.29, 0.717) is 18.2 Å². The van der Waals surface area contributed by atoms with Crippen molar-refractivity contribution < 1.29 is 114 Å². The molecule has 0 amide bonds. The molecule has 0 fully saturated rings. The van der Waals surface area contributed by atoms with Crippen LogP contribution < -0.4 is 5.73 Å². The maximum absolute atomic E-state index is 13.0. The SMILES string of the molecule is Nc1c(N=Nc2ccc3c(O)c(N=Nc4ccc(N=Nc5ccc(S(=O)(=O)CCS(=O)(=O)O)cc5)cc4)c(S(=O)(=O)O)cc3c2S(=O)(=O)O)cc(S(=O)(=O)O)c2ccc(N=Nc3ccc([N+](=O)[O-])cc3S(=O)(=O)O)c(O)c12.O=S(=O)=O.O=S(=O)=O. The molecule has 0 spiro atoms. The minimum absolute atomic E-state index is 0.0332. The molecule has 0 radical (unpaired) electrons. The van der Waals surface area contributed by atoms with Crippen molar-refractivity contribution >= 4 is 160 Å². The molecule has 45 heteroatoms. The Morgan fingerprint density at radius 3 is 1.36 bits per heavy atom. The summed E-state index contributed by atoms with van der Waals surface area (Å²) in [4.78, 5) is 5.35. The van der Waals surface area contributed by atoms with Crippen LogP contribution in [-0.4, -0.2) is 125 Å². The molecule has 0 aromatic heterocycles. The highest BCUT2D eigenvalue weighted by Gasteiger charge is 2.29. The number of nitrogens with two attached hydrogens (primary N) is 1. The summed E-state index contributed by atoms with van der Waals surface area (Å²) < 4.78 is 247. The first-order valence-corrected chi connectivity index (χ1v) is 32.3. The number of sulfone groups is 1. The van der Waals surface area contributed by atoms with E-state index in [0.717, 1.165) is 48.5 Å². The highest BCUT2D eigenvalue weighted by Crippen LogP contribution is 2.48. The zero-order valence-corrected chi connectivity index (χ0v) is 47.4. The molecular formula is C40H30N10O27S8. The van der Waals surface area contributed by atoms with Gasteiger partial charge in [-0.1, -0.05) is 6.07 Å². The fraction of sp³-hybridized carbons (Fsp3) is 0.0500. The summed E-state index contributed by atoms with van der Waals surface area (Å²) in [6, 6.07) is 16.7. The van der Waals surface area contributed by atoms with Crippen LogP contribution in [0.3, 0.4) is 0 Å². The molecule has 7 aromatic carbocycles. The van der Waals surface area contributed by atoms with Crippen molar-refractivity contribution in [1.82, 2.24) is 0 Å². The van der Waals surface area contributed by atoms with Gasteiger partial charge in [0, 0.05) is 28.3 Å². The molecule has 0 saturated carbocycles. The molecular weight excluding hydrogens is 1310 g/mol. The number of aromatic hydroxyl groups is 2. The summed E-state index contributed by atoms with van der Waals surface area (Å²) in [6.45, 7) is 0. The third-order valence-electron chi connectivity index (χ3n) is 10.4. The minimum Gasteiger partial charge on any atom is -0.505 e. The number of phenols is 2. The Morgan fingerprint density at radius 1 is 0.447 bits per heavy atom. The number of hydrogen-bond acceptors (Lipinski definition) is 31. The summed E-state index contributed by atoms with van der Waals surface area (Å²) >= 11 is 0. The van der Waals surface area contributed by atoms with Gasteiger partial charge in [0.25, 0.3) is 56.3 Å². The lowest BCUT2D eigenvalue weighted by Gasteiger charge is -2.13. The largest absolute Gasteiger partial charge is 0.505 e. The molecule has 0 aliphatic rings. The van der Waals surface area contributed by atoms with E-state index in [-0.39, 0.29) is 22.0 Å². The van der Waals surface area contributed by atoms with Crippen LogP contribution >= 0.6 is 0 Å². The van der Waals surface area contributed by atoms with Gasteiger partial charge in [0.1, 0.15) is 48.0 Å². The number of nitro groups is 1. The molecule has 0 aliphatic carbocycles. The standard InChI is InChI=1S/C40H30N10O21S6.2O3S/c41-36-31(19-32(74(60,61)62)26-11-13-29(39(52)35(26)36)46-45-28-12-7-23(50(53)54)17-33(28)75(63,64)65)48-47-30-14-10-25-27(40(30)77(69,70)71)18-34(76(66,67)68)37(38(25)51)49-44-21-3-1-20(2-4-21)42-43-22-5-8-24(9-6-22)72(55,56)15-16-73(57,58)59;2*1-4(2)3/h1-14,17-19,51-52H,15-16,41H2,(H,57,58,59)(H,60,61,62)(H,63,64,65)(H,66,67,68)(H,69,70,71);;. The number of hydrogen-bond donors (Lipinski definition) is 8. The zero-order chi connectivity index (χ0) is 63.9. The number of non-ortho nitro benzene ring substituents is 1. The van der Waals surface area contributed by atoms with E-state index in [4.69, 9.17) is 35.5 Å². The van der Waals surface area contributed by atoms with E-state index in [2.05, 4.69) is 40.9 Å². The van der Waals surface area contributed by atoms with Gasteiger partial charge in [-0.05, 0) is 84.9 Å². The van der Waals surface area contributed by atoms with Crippen LogP contribution in [0.2, 0.25) is 0 Å². The van der Waals surface area contributed by atoms with E-state index in [1.54, 1.807) is 0 Å². The van der Waals surface area contributed by atoms with E-state index < -0.39 is 191 Å². The number of nitrogens with zero attached hydrogens (tertiary/aromatic N) is 9. The quantitative estimate of drug-likeness (QED) is 0.0165. The molecule has 37 nitrogen and oxygen atoms in total. The number of azo groups is 4. The molecule has 0 atom stereocenters. The van der Waals surface area contributed by atoms with Gasteiger partial charge in [0.15, 0.2) is 21.3 Å². The van der Waals surface area contributed by atoms with Gasteiger partial charge in [-0.25, -0.2) is 8.42 Å². The number of anilines is 1. The van der Waals surface area contributed by atoms with Crippen molar-refractivity contribution in [2.75, 3.05) is 17.2 Å². The van der Waals surface area contributed by atoms with E-state index >= 15 is 0 Å². The fourth-order valence-electron chi connectivity index (χ4n) is 6.85. The molecule has 9 N–H and O–H groups in total. The Balaban J connectivity index is 0.00000155. The summed E-state index contributed by atoms with van der Waals surface area (Å²) in [7, 11) is -36.3. The smallest absolute Gasteiger partial charge is 0.425 e. The Bertz CT molecular complexity index is 4960. The highest BCUT2D eigenvalue weighted by atomic mass is 32.2. The van der Waals surface area contributed by atoms with Gasteiger partial charge < -0.3 is 15.9 Å². The maximum atomic E-state index is 13.0. The van der Waals surface area contributed by atoms with Crippen LogP contribution in [0.1, 0.15) is 0 Å². The van der Waals surface area contributed by atoms with Crippen LogP contribution in [0.15, 0.2) is 169 Å². The normalized spacial score (nSPS) is 12.6. The lowest BCUT2D eigenvalue weighted by molar-refractivity contribution is -0.385. The monoisotopic (exact) mass is 1340 g/mol. The number of rotatable bonds is 17. The molecule has 85 heavy (non-hydrogen) atoms. The van der Waals surface area contributed by atoms with E-state index in [1.807, 2.05) is 0 Å². The second-order valence-electron chi connectivity index (χ2n) is 15.9. The Hall–Kier alpha value is -9.00. The van der Waals surface area contributed by atoms with E-state index in [9.17, 15) is 89.0 Å². The first-order chi connectivity index (χ1) is 39.1. The first-order valence-electron chi connectivity index (χ1n) is 21.3. The highest BCUT2D eigenvalue weighted by molar-refractivity contribution is 7.93. The molecule has 0 aliphatic heterocycles. The molecule has 0 heterocycles. The lowest BCUT2D eigenvalue weighted by Crippen LogP contribution is -2.16. The van der Waals surface area contributed by atoms with Crippen LogP contribution in [0.5, 0.6) is 11.5 Å². The van der Waals surface area contributed by atoms with Gasteiger partial charge >= 0.3 is 21.2 Å². The van der Waals surface area contributed by atoms with Crippen molar-refractivity contribution in [2.24, 2.45) is 40.9 Å². The molecule has 0 bridgehead atoms. The summed E-state index contributed by atoms with van der Waals surface area (Å²) in [5.41, 5.74) is 1.28. The van der Waals surface area contributed by atoms with Crippen LogP contribution in [0.4, 0.5) is 56.9 Å². The average Bonchev–Trinajstić information content (AvgIpc) is 2.22. The average molecular weight is 1340 g/mol. The van der Waals surface area contributed by atoms with Crippen LogP contribution in [0, 0.1) is 10.1 Å². The predicted octanol–water partition coefficient (Wildman–Crippen LogP) is 6.20. The third kappa shape index (κ3) is 17.5. The van der Waals surface area contributed by atoms with E-state index in [1.165, 1.54) is 36.4 Å². The molecule has 0 saturated heterocycles. The second-order valence-corrected chi connectivity index (χ2v) is 25.9. The number of nitro benzene ring substituents is 1. The molecule has 0 unspecified atom stereocenters. The fourth-order valence-corrected chi connectivity index (χ4v) is 12.2. The second kappa shape index (κ2) is 25.9. The first kappa shape index (κ1) is 66.8. The number of phenolic OH excluding ortho intramolecular Hbond substituents is 2. The Morgan fingerprint density at radius 2 is 0.882 bits per heavy atom. The number of nitrogen functional groups attached to an aromatic ring is 1. The lowest BCUT2D eigenvalue weighted by atomic mass is 10.1. The van der Waals surface area contributed by atoms with Crippen molar-refractivity contribution in [3.05, 3.63) is 113 Å². The van der Waals surface area contributed by atoms with Crippen molar-refractivity contribution in [1.29, 1.82) is 0 Å². The Kier molecular flexibility index (Phi) is 20.3. The summed E-state index contributed by atoms with van der Waals surface area (Å²) in [5.74, 6) is -4.03. The van der Waals surface area contributed by atoms with Gasteiger partial charge in [0.05, 0.1) is 49.5 Å². The zero-order valence-electron chi connectivity index (χ0n) is 40.9. The third-order valence-corrected chi connectivity index (χ3v) is 16.7. The summed E-state index contributed by atoms with van der Waals surface area (Å²) in [5, 5.41) is 61.6. The Labute approximate surface area is 478 Å². The topological polar surface area (TPSA) is 617 Å². The number of fused-ring (bicyclic) bond motifs is 2. The maximum Gasteiger partial charge on any atom is 0.425 e. The van der Waals surface area contributed by atoms with Crippen LogP contribution in [0.25, 0.3) is 21.5 Å². The van der Waals surface area contributed by atoms with Gasteiger partial charge in [-0.3, -0.25) is 32.9 Å². The van der Waals surface area contributed by atoms with Gasteiger partial charge in [-0.2, -0.15) is 57.4 Å².